The van der Waals surface area contributed by atoms with Gasteiger partial charge in [0.25, 0.3) is 0 Å². The summed E-state index contributed by atoms with van der Waals surface area (Å²) in [7, 11) is 1.57. The molecule has 1 aliphatic rings. The van der Waals surface area contributed by atoms with Crippen LogP contribution in [0.2, 0.25) is 0 Å². The first kappa shape index (κ1) is 22.1. The number of carbonyl (C=O) groups excluding carboxylic acids is 1. The van der Waals surface area contributed by atoms with Gasteiger partial charge in [-0.15, -0.1) is 6.58 Å². The third-order valence-corrected chi connectivity index (χ3v) is 4.88. The average Bonchev–Trinajstić information content (AvgIpc) is 3.19. The van der Waals surface area contributed by atoms with Gasteiger partial charge in [-0.1, -0.05) is 36.4 Å². The summed E-state index contributed by atoms with van der Waals surface area (Å²) < 4.78 is 49.2. The SMILES string of the molecule is C=C[C@H](c1ccccc1)[C@@H](COC)C(CC(=O)OCC(F)(F)F)=[N+]1CCCC1. The summed E-state index contributed by atoms with van der Waals surface area (Å²) >= 11 is 0. The Morgan fingerprint density at radius 2 is 1.89 bits per heavy atom. The van der Waals surface area contributed by atoms with Crippen molar-refractivity contribution in [3.8, 4) is 0 Å². The minimum Gasteiger partial charge on any atom is -0.456 e. The Morgan fingerprint density at radius 3 is 2.43 bits per heavy atom. The number of carbonyl (C=O) groups is 1. The topological polar surface area (TPSA) is 38.5 Å². The van der Waals surface area contributed by atoms with Crippen molar-refractivity contribution in [2.45, 2.75) is 31.4 Å². The largest absolute Gasteiger partial charge is 0.456 e. The lowest BCUT2D eigenvalue weighted by molar-refractivity contribution is -0.509. The van der Waals surface area contributed by atoms with Gasteiger partial charge >= 0.3 is 12.1 Å². The van der Waals surface area contributed by atoms with E-state index in [1.54, 1.807) is 13.2 Å². The van der Waals surface area contributed by atoms with Crippen molar-refractivity contribution in [3.05, 3.63) is 48.6 Å². The second-order valence-electron chi connectivity index (χ2n) is 6.87. The standard InChI is InChI=1S/C21H27F3NO3/c1-3-17(16-9-5-4-6-10-16)18(14-27-2)19(25-11-7-8-12-25)13-20(26)28-15-21(22,23)24/h3-6,9-10,17-18H,1,7-8,11-15H2,2H3/q+1/t17-,18-/m1/s1. The highest BCUT2D eigenvalue weighted by atomic mass is 19.4. The summed E-state index contributed by atoms with van der Waals surface area (Å²) in [6.45, 7) is 4.23. The molecule has 2 rings (SSSR count). The Kier molecular flexibility index (Phi) is 8.23. The Morgan fingerprint density at radius 1 is 1.25 bits per heavy atom. The van der Waals surface area contributed by atoms with Crippen LogP contribution < -0.4 is 0 Å². The number of ether oxygens (including phenoxy) is 2. The van der Waals surface area contributed by atoms with Gasteiger partial charge in [0.15, 0.2) is 12.3 Å². The predicted molar refractivity (Wildman–Crippen MR) is 101 cm³/mol. The monoisotopic (exact) mass is 398 g/mol. The van der Waals surface area contributed by atoms with Gasteiger partial charge in [0, 0.05) is 25.9 Å². The minimum atomic E-state index is -4.54. The molecule has 0 N–H and O–H groups in total. The Balaban J connectivity index is 2.31. The molecule has 0 aliphatic carbocycles. The molecular weight excluding hydrogens is 371 g/mol. The molecule has 1 fully saturated rings. The lowest BCUT2D eigenvalue weighted by atomic mass is 9.82. The molecule has 4 nitrogen and oxygen atoms in total. The maximum Gasteiger partial charge on any atom is 0.422 e. The van der Waals surface area contributed by atoms with E-state index in [1.807, 2.05) is 30.3 Å². The maximum atomic E-state index is 12.4. The van der Waals surface area contributed by atoms with Crippen molar-refractivity contribution in [3.63, 3.8) is 0 Å². The maximum absolute atomic E-state index is 12.4. The van der Waals surface area contributed by atoms with Crippen LogP contribution in [0.4, 0.5) is 13.2 Å². The molecule has 0 radical (unpaired) electrons. The molecule has 0 bridgehead atoms. The molecule has 1 aromatic rings. The first-order chi connectivity index (χ1) is 13.4. The van der Waals surface area contributed by atoms with Gasteiger partial charge in [0.1, 0.15) is 19.5 Å². The molecule has 7 heteroatoms. The van der Waals surface area contributed by atoms with E-state index >= 15 is 0 Å². The van der Waals surface area contributed by atoms with E-state index in [4.69, 9.17) is 4.74 Å². The summed E-state index contributed by atoms with van der Waals surface area (Å²) in [5.74, 6) is -1.23. The van der Waals surface area contributed by atoms with Crippen LogP contribution in [0, 0.1) is 5.92 Å². The minimum absolute atomic E-state index is 0.132. The van der Waals surface area contributed by atoms with Crippen LogP contribution in [0.15, 0.2) is 43.0 Å². The van der Waals surface area contributed by atoms with E-state index in [9.17, 15) is 18.0 Å². The number of halogens is 3. The van der Waals surface area contributed by atoms with E-state index in [0.29, 0.717) is 6.61 Å². The first-order valence-corrected chi connectivity index (χ1v) is 9.35. The predicted octanol–water partition coefficient (Wildman–Crippen LogP) is 3.96. The number of hydrogen-bond acceptors (Lipinski definition) is 3. The normalized spacial score (nSPS) is 16.5. The molecule has 1 aromatic carbocycles. The Hall–Kier alpha value is -2.15. The highest BCUT2D eigenvalue weighted by molar-refractivity contribution is 5.98. The zero-order valence-corrected chi connectivity index (χ0v) is 16.1. The van der Waals surface area contributed by atoms with Crippen LogP contribution in [0.3, 0.4) is 0 Å². The van der Waals surface area contributed by atoms with E-state index < -0.39 is 18.8 Å². The summed E-state index contributed by atoms with van der Waals surface area (Å²) in [4.78, 5) is 12.2. The molecule has 0 spiro atoms. The van der Waals surface area contributed by atoms with Gasteiger partial charge in [-0.2, -0.15) is 13.2 Å². The second-order valence-corrected chi connectivity index (χ2v) is 6.87. The Labute approximate surface area is 163 Å². The van der Waals surface area contributed by atoms with Crippen molar-refractivity contribution in [1.29, 1.82) is 0 Å². The quantitative estimate of drug-likeness (QED) is 0.359. The highest BCUT2D eigenvalue weighted by Gasteiger charge is 2.36. The zero-order chi connectivity index (χ0) is 20.6. The number of nitrogens with zero attached hydrogens (tertiary/aromatic N) is 1. The van der Waals surface area contributed by atoms with Crippen molar-refractivity contribution in [2.75, 3.05) is 33.4 Å². The number of esters is 1. The summed E-state index contributed by atoms with van der Waals surface area (Å²) in [6, 6.07) is 9.69. The Bertz CT molecular complexity index is 678. The smallest absolute Gasteiger partial charge is 0.422 e. The molecule has 1 aliphatic heterocycles. The second kappa shape index (κ2) is 10.4. The fraction of sp³-hybridized carbons (Fsp3) is 0.524. The van der Waals surface area contributed by atoms with Crippen LogP contribution in [-0.2, 0) is 14.3 Å². The van der Waals surface area contributed by atoms with Gasteiger partial charge in [0.2, 0.25) is 0 Å². The zero-order valence-electron chi connectivity index (χ0n) is 16.1. The van der Waals surface area contributed by atoms with Gasteiger partial charge in [-0.3, -0.25) is 4.79 Å². The average molecular weight is 398 g/mol. The third kappa shape index (κ3) is 6.48. The fourth-order valence-corrected chi connectivity index (χ4v) is 3.64. The summed E-state index contributed by atoms with van der Waals surface area (Å²) in [5.41, 5.74) is 1.76. The molecule has 28 heavy (non-hydrogen) atoms. The molecule has 0 amide bonds. The van der Waals surface area contributed by atoms with E-state index in [0.717, 1.165) is 37.2 Å². The number of rotatable bonds is 9. The first-order valence-electron chi connectivity index (χ1n) is 9.35. The molecule has 2 atom stereocenters. The van der Waals surface area contributed by atoms with E-state index in [1.165, 1.54) is 0 Å². The van der Waals surface area contributed by atoms with Crippen LogP contribution in [0.25, 0.3) is 0 Å². The molecule has 0 unspecified atom stereocenters. The number of alkyl halides is 3. The van der Waals surface area contributed by atoms with Gasteiger partial charge in [-0.25, -0.2) is 4.58 Å². The lowest BCUT2D eigenvalue weighted by Gasteiger charge is -2.24. The van der Waals surface area contributed by atoms with Crippen LogP contribution in [-0.4, -0.2) is 55.8 Å². The van der Waals surface area contributed by atoms with Gasteiger partial charge in [0.05, 0.1) is 12.5 Å². The number of hydrogen-bond donors (Lipinski definition) is 0. The lowest BCUT2D eigenvalue weighted by Crippen LogP contribution is -2.35. The van der Waals surface area contributed by atoms with Crippen LogP contribution in [0.5, 0.6) is 0 Å². The van der Waals surface area contributed by atoms with Crippen LogP contribution in [0.1, 0.15) is 30.7 Å². The summed E-state index contributed by atoms with van der Waals surface area (Å²) in [5, 5.41) is 0. The van der Waals surface area contributed by atoms with Crippen molar-refractivity contribution in [1.82, 2.24) is 0 Å². The molecule has 154 valence electrons. The molecular formula is C21H27F3NO3+. The number of benzene rings is 1. The molecule has 1 heterocycles. The number of allylic oxidation sites excluding steroid dienone is 1. The molecule has 0 saturated carbocycles. The van der Waals surface area contributed by atoms with E-state index in [-0.39, 0.29) is 18.3 Å². The van der Waals surface area contributed by atoms with Crippen molar-refractivity contribution >= 4 is 11.7 Å². The molecule has 0 aromatic heterocycles. The fourth-order valence-electron chi connectivity index (χ4n) is 3.64. The van der Waals surface area contributed by atoms with Gasteiger partial charge in [-0.05, 0) is 5.56 Å². The number of methoxy groups -OCH3 is 1. The van der Waals surface area contributed by atoms with Crippen molar-refractivity contribution < 1.29 is 32.0 Å². The van der Waals surface area contributed by atoms with E-state index in [2.05, 4.69) is 15.9 Å². The molecule has 1 saturated heterocycles. The van der Waals surface area contributed by atoms with Crippen molar-refractivity contribution in [2.24, 2.45) is 5.92 Å². The third-order valence-electron chi connectivity index (χ3n) is 4.88. The highest BCUT2D eigenvalue weighted by Crippen LogP contribution is 2.29. The van der Waals surface area contributed by atoms with Gasteiger partial charge < -0.3 is 9.47 Å². The van der Waals surface area contributed by atoms with Crippen LogP contribution >= 0.6 is 0 Å². The summed E-state index contributed by atoms with van der Waals surface area (Å²) in [6.07, 6.45) is -0.976.